The lowest BCUT2D eigenvalue weighted by Gasteiger charge is -2.20. The highest BCUT2D eigenvalue weighted by Crippen LogP contribution is 2.47. The van der Waals surface area contributed by atoms with E-state index in [2.05, 4.69) is 181 Å². The van der Waals surface area contributed by atoms with Gasteiger partial charge in [0.2, 0.25) is 0 Å². The van der Waals surface area contributed by atoms with Crippen molar-refractivity contribution >= 4 is 65.6 Å². The van der Waals surface area contributed by atoms with Gasteiger partial charge in [-0.3, -0.25) is 0 Å². The van der Waals surface area contributed by atoms with Gasteiger partial charge in [0.25, 0.3) is 0 Å². The minimum absolute atomic E-state index is 0.910. The van der Waals surface area contributed by atoms with Gasteiger partial charge in [0.15, 0.2) is 0 Å². The predicted molar refractivity (Wildman–Crippen MR) is 220 cm³/mol. The Morgan fingerprint density at radius 1 is 0.404 bits per heavy atom. The van der Waals surface area contributed by atoms with E-state index in [9.17, 15) is 0 Å². The Morgan fingerprint density at radius 3 is 1.81 bits per heavy atom. The van der Waals surface area contributed by atoms with Crippen molar-refractivity contribution in [1.29, 1.82) is 0 Å². The van der Waals surface area contributed by atoms with Gasteiger partial charge in [0.1, 0.15) is 11.2 Å². The first-order valence-corrected chi connectivity index (χ1v) is 18.1. The van der Waals surface area contributed by atoms with Crippen LogP contribution < -0.4 is 4.90 Å². The molecule has 0 unspecified atom stereocenters. The molecule has 0 bridgehead atoms. The van der Waals surface area contributed by atoms with Crippen LogP contribution in [0.3, 0.4) is 0 Å². The topological polar surface area (TPSA) is 16.4 Å². The number of para-hydroxylation sites is 1. The molecule has 2 heteroatoms. The summed E-state index contributed by atoms with van der Waals surface area (Å²) < 4.78 is 6.53. The van der Waals surface area contributed by atoms with E-state index in [1.807, 2.05) is 0 Å². The maximum atomic E-state index is 6.53. The molecular formula is C50H33NO. The Hall–Kier alpha value is -6.64. The van der Waals surface area contributed by atoms with Gasteiger partial charge in [-0.2, -0.15) is 0 Å². The van der Waals surface area contributed by atoms with Crippen molar-refractivity contribution in [2.45, 2.75) is 6.42 Å². The molecular weight excluding hydrogens is 631 g/mol. The van der Waals surface area contributed by atoms with Crippen LogP contribution in [0.4, 0.5) is 11.4 Å². The van der Waals surface area contributed by atoms with E-state index in [1.54, 1.807) is 0 Å². The zero-order chi connectivity index (χ0) is 34.2. The fourth-order valence-corrected chi connectivity index (χ4v) is 8.84. The number of rotatable bonds is 4. The second-order valence-corrected chi connectivity index (χ2v) is 13.9. The quantitative estimate of drug-likeness (QED) is 0.174. The summed E-state index contributed by atoms with van der Waals surface area (Å²) in [5, 5.41) is 9.82. The highest BCUT2D eigenvalue weighted by Gasteiger charge is 2.24. The summed E-state index contributed by atoms with van der Waals surface area (Å²) in [6, 6.07) is 64.2. The molecule has 0 atom stereocenters. The number of hydrogen-bond donors (Lipinski definition) is 0. The van der Waals surface area contributed by atoms with E-state index >= 15 is 0 Å². The number of nitrogens with zero attached hydrogens (tertiary/aromatic N) is 1. The molecule has 9 aromatic carbocycles. The Kier molecular flexibility index (Phi) is 6.41. The maximum absolute atomic E-state index is 6.53. The normalized spacial score (nSPS) is 12.8. The Labute approximate surface area is 301 Å². The summed E-state index contributed by atoms with van der Waals surface area (Å²) in [7, 11) is 0. The largest absolute Gasteiger partial charge is 0.456 e. The van der Waals surface area contributed by atoms with Crippen LogP contribution in [-0.2, 0) is 6.42 Å². The summed E-state index contributed by atoms with van der Waals surface area (Å²) in [5.41, 5.74) is 13.1. The molecule has 0 spiro atoms. The van der Waals surface area contributed by atoms with Crippen molar-refractivity contribution in [2.75, 3.05) is 11.4 Å². The van der Waals surface area contributed by atoms with E-state index in [1.165, 1.54) is 88.0 Å². The summed E-state index contributed by atoms with van der Waals surface area (Å²) in [6.07, 6.45) is 1.04. The molecule has 2 nitrogen and oxygen atoms in total. The van der Waals surface area contributed by atoms with E-state index in [0.717, 1.165) is 29.5 Å². The van der Waals surface area contributed by atoms with Crippen molar-refractivity contribution in [2.24, 2.45) is 0 Å². The lowest BCUT2D eigenvalue weighted by Crippen LogP contribution is -2.13. The van der Waals surface area contributed by atoms with Gasteiger partial charge in [-0.25, -0.2) is 0 Å². The van der Waals surface area contributed by atoms with Gasteiger partial charge < -0.3 is 9.32 Å². The van der Waals surface area contributed by atoms with E-state index < -0.39 is 0 Å². The van der Waals surface area contributed by atoms with Crippen LogP contribution in [0.5, 0.6) is 0 Å². The molecule has 1 aliphatic rings. The van der Waals surface area contributed by atoms with Gasteiger partial charge in [0, 0.05) is 17.6 Å². The SMILES string of the molecule is c1ccc(-c2c3ccccc3c(-c3cc(-c4ccc5oc6cccc(N7CCc8ccccc87)c6c5c4)c4ccccc4c3)c3ccccc23)cc1. The van der Waals surface area contributed by atoms with Gasteiger partial charge >= 0.3 is 0 Å². The van der Waals surface area contributed by atoms with Crippen LogP contribution in [0.1, 0.15) is 5.56 Å². The molecule has 1 aromatic heterocycles. The molecule has 0 fully saturated rings. The average molecular weight is 664 g/mol. The van der Waals surface area contributed by atoms with Crippen molar-refractivity contribution in [1.82, 2.24) is 0 Å². The van der Waals surface area contributed by atoms with Crippen molar-refractivity contribution in [3.05, 3.63) is 181 Å². The highest BCUT2D eigenvalue weighted by molar-refractivity contribution is 6.22. The number of hydrogen-bond acceptors (Lipinski definition) is 2. The fraction of sp³-hybridized carbons (Fsp3) is 0.0400. The zero-order valence-corrected chi connectivity index (χ0v) is 28.5. The van der Waals surface area contributed by atoms with Gasteiger partial charge in [-0.15, -0.1) is 0 Å². The molecule has 11 rings (SSSR count). The van der Waals surface area contributed by atoms with Crippen LogP contribution in [0.2, 0.25) is 0 Å². The third kappa shape index (κ3) is 4.37. The molecule has 1 aliphatic heterocycles. The molecule has 0 N–H and O–H groups in total. The molecule has 0 saturated heterocycles. The second kappa shape index (κ2) is 11.4. The molecule has 0 aliphatic carbocycles. The maximum Gasteiger partial charge on any atom is 0.137 e. The molecule has 0 radical (unpaired) electrons. The first kappa shape index (κ1) is 29.1. The second-order valence-electron chi connectivity index (χ2n) is 13.9. The third-order valence-electron chi connectivity index (χ3n) is 11.1. The number of benzene rings is 9. The number of anilines is 2. The van der Waals surface area contributed by atoms with E-state index in [4.69, 9.17) is 4.42 Å². The van der Waals surface area contributed by atoms with Crippen molar-refractivity contribution in [3.8, 4) is 33.4 Å². The molecule has 2 heterocycles. The molecule has 0 amide bonds. The predicted octanol–water partition coefficient (Wildman–Crippen LogP) is 13.7. The van der Waals surface area contributed by atoms with Crippen LogP contribution in [0, 0.1) is 0 Å². The lowest BCUT2D eigenvalue weighted by molar-refractivity contribution is 0.669. The minimum Gasteiger partial charge on any atom is -0.456 e. The fourth-order valence-electron chi connectivity index (χ4n) is 8.84. The van der Waals surface area contributed by atoms with Gasteiger partial charge in [-0.05, 0) is 120 Å². The van der Waals surface area contributed by atoms with Gasteiger partial charge in [0.05, 0.1) is 11.1 Å². The number of furan rings is 1. The highest BCUT2D eigenvalue weighted by atomic mass is 16.3. The number of fused-ring (bicyclic) bond motifs is 7. The lowest BCUT2D eigenvalue weighted by atomic mass is 9.84. The van der Waals surface area contributed by atoms with Crippen molar-refractivity contribution < 1.29 is 4.42 Å². The van der Waals surface area contributed by atoms with Gasteiger partial charge in [-0.1, -0.05) is 133 Å². The van der Waals surface area contributed by atoms with Crippen LogP contribution >= 0.6 is 0 Å². The van der Waals surface area contributed by atoms with E-state index in [-0.39, 0.29) is 0 Å². The summed E-state index contributed by atoms with van der Waals surface area (Å²) >= 11 is 0. The Bertz CT molecular complexity index is 2970. The van der Waals surface area contributed by atoms with Crippen molar-refractivity contribution in [3.63, 3.8) is 0 Å². The first-order valence-electron chi connectivity index (χ1n) is 18.1. The van der Waals surface area contributed by atoms with E-state index in [0.29, 0.717) is 0 Å². The summed E-state index contributed by atoms with van der Waals surface area (Å²) in [6.45, 7) is 0.961. The molecule has 244 valence electrons. The third-order valence-corrected chi connectivity index (χ3v) is 11.1. The molecule has 52 heavy (non-hydrogen) atoms. The minimum atomic E-state index is 0.910. The smallest absolute Gasteiger partial charge is 0.137 e. The molecule has 10 aromatic rings. The summed E-state index contributed by atoms with van der Waals surface area (Å²) in [5.74, 6) is 0. The zero-order valence-electron chi connectivity index (χ0n) is 28.5. The average Bonchev–Trinajstić information content (AvgIpc) is 3.81. The standard InChI is InChI=1S/C50H33NO/c1-2-14-33(15-3-1)48-38-18-7-9-20-40(38)49(41-21-10-8-19-39(41)48)36-29-34-16-4-6-17-37(34)42(31-36)35-25-26-46-43(30-35)50-45(23-12-24-47(50)52-46)51-28-27-32-13-5-11-22-44(32)51/h1-26,29-31H,27-28H2. The Balaban J connectivity index is 1.17. The monoisotopic (exact) mass is 663 g/mol. The summed E-state index contributed by atoms with van der Waals surface area (Å²) in [4.78, 5) is 2.46. The Morgan fingerprint density at radius 2 is 1.04 bits per heavy atom. The van der Waals surface area contributed by atoms with Crippen LogP contribution in [0.15, 0.2) is 180 Å². The van der Waals surface area contributed by atoms with Crippen LogP contribution in [0.25, 0.3) is 87.6 Å². The first-order chi connectivity index (χ1) is 25.8. The molecule has 0 saturated carbocycles. The van der Waals surface area contributed by atoms with Crippen LogP contribution in [-0.4, -0.2) is 6.54 Å².